The van der Waals surface area contributed by atoms with E-state index in [0.717, 1.165) is 17.8 Å². The lowest BCUT2D eigenvalue weighted by atomic mass is 10.1. The molecule has 1 amide bonds. The van der Waals surface area contributed by atoms with Crippen LogP contribution in [0.5, 0.6) is 0 Å². The Morgan fingerprint density at radius 1 is 0.950 bits per heavy atom. The van der Waals surface area contributed by atoms with E-state index >= 15 is 0 Å². The molecule has 2 aromatic carbocycles. The highest BCUT2D eigenvalue weighted by Crippen LogP contribution is 2.24. The van der Waals surface area contributed by atoms with Crippen molar-refractivity contribution in [2.45, 2.75) is 19.3 Å². The zero-order chi connectivity index (χ0) is 13.8. The molecule has 1 aliphatic carbocycles. The Morgan fingerprint density at radius 2 is 1.75 bits per heavy atom. The van der Waals surface area contributed by atoms with E-state index in [4.69, 9.17) is 0 Å². The predicted molar refractivity (Wildman–Crippen MR) is 82.0 cm³/mol. The van der Waals surface area contributed by atoms with Crippen LogP contribution in [-0.2, 0) is 17.6 Å². The number of rotatable bonds is 4. The molecular formula is C17H18N2O. The molecule has 0 aliphatic heterocycles. The average Bonchev–Trinajstić information content (AvgIpc) is 2.94. The summed E-state index contributed by atoms with van der Waals surface area (Å²) >= 11 is 0. The number of para-hydroxylation sites is 1. The summed E-state index contributed by atoms with van der Waals surface area (Å²) in [5, 5.41) is 6.05. The van der Waals surface area contributed by atoms with Gasteiger partial charge in [-0.3, -0.25) is 4.79 Å². The lowest BCUT2D eigenvalue weighted by Gasteiger charge is -2.09. The maximum atomic E-state index is 11.9. The molecule has 3 rings (SSSR count). The Labute approximate surface area is 119 Å². The van der Waals surface area contributed by atoms with Crippen molar-refractivity contribution in [3.05, 3.63) is 59.7 Å². The van der Waals surface area contributed by atoms with Crippen LogP contribution in [0.1, 0.15) is 17.5 Å². The van der Waals surface area contributed by atoms with Gasteiger partial charge in [0, 0.05) is 11.4 Å². The number of carbonyl (C=O) groups is 1. The fraction of sp³-hybridized carbons (Fsp3) is 0.235. The number of hydrogen-bond donors (Lipinski definition) is 2. The third-order valence-corrected chi connectivity index (χ3v) is 3.61. The fourth-order valence-electron chi connectivity index (χ4n) is 2.59. The monoisotopic (exact) mass is 266 g/mol. The molecule has 0 spiro atoms. The van der Waals surface area contributed by atoms with E-state index in [9.17, 15) is 4.79 Å². The minimum Gasteiger partial charge on any atom is -0.376 e. The lowest BCUT2D eigenvalue weighted by molar-refractivity contribution is -0.114. The van der Waals surface area contributed by atoms with Gasteiger partial charge < -0.3 is 10.6 Å². The van der Waals surface area contributed by atoms with Crippen molar-refractivity contribution in [3.63, 3.8) is 0 Å². The molecule has 2 N–H and O–H groups in total. The van der Waals surface area contributed by atoms with Gasteiger partial charge in [-0.1, -0.05) is 24.3 Å². The number of anilines is 2. The lowest BCUT2D eigenvalue weighted by Crippen LogP contribution is -2.21. The van der Waals surface area contributed by atoms with Crippen molar-refractivity contribution in [2.75, 3.05) is 17.2 Å². The largest absolute Gasteiger partial charge is 0.376 e. The Hall–Kier alpha value is -2.29. The maximum absolute atomic E-state index is 11.9. The second-order valence-electron chi connectivity index (χ2n) is 5.10. The molecule has 20 heavy (non-hydrogen) atoms. The van der Waals surface area contributed by atoms with Crippen LogP contribution in [0.3, 0.4) is 0 Å². The van der Waals surface area contributed by atoms with Crippen molar-refractivity contribution in [1.29, 1.82) is 0 Å². The Kier molecular flexibility index (Phi) is 3.68. The molecule has 0 unspecified atom stereocenters. The van der Waals surface area contributed by atoms with Crippen molar-refractivity contribution in [3.8, 4) is 0 Å². The van der Waals surface area contributed by atoms with Gasteiger partial charge in [0.2, 0.25) is 5.91 Å². The number of amides is 1. The van der Waals surface area contributed by atoms with Gasteiger partial charge in [0.25, 0.3) is 0 Å². The summed E-state index contributed by atoms with van der Waals surface area (Å²) in [6, 6.07) is 16.0. The van der Waals surface area contributed by atoms with E-state index in [2.05, 4.69) is 22.8 Å². The first kappa shape index (κ1) is 12.7. The molecule has 0 radical (unpaired) electrons. The molecular weight excluding hydrogens is 248 g/mol. The second-order valence-corrected chi connectivity index (χ2v) is 5.10. The van der Waals surface area contributed by atoms with Gasteiger partial charge >= 0.3 is 0 Å². The molecule has 2 aromatic rings. The summed E-state index contributed by atoms with van der Waals surface area (Å²) in [5.74, 6) is -0.0215. The maximum Gasteiger partial charge on any atom is 0.243 e. The quantitative estimate of drug-likeness (QED) is 0.892. The number of hydrogen-bond acceptors (Lipinski definition) is 2. The van der Waals surface area contributed by atoms with E-state index < -0.39 is 0 Å². The Morgan fingerprint density at radius 3 is 2.60 bits per heavy atom. The van der Waals surface area contributed by atoms with Gasteiger partial charge in [-0.15, -0.1) is 0 Å². The van der Waals surface area contributed by atoms with E-state index in [1.807, 2.05) is 36.4 Å². The van der Waals surface area contributed by atoms with Crippen molar-refractivity contribution >= 4 is 17.3 Å². The van der Waals surface area contributed by atoms with Crippen LogP contribution in [0, 0.1) is 0 Å². The summed E-state index contributed by atoms with van der Waals surface area (Å²) in [6.45, 7) is 0.279. The highest BCUT2D eigenvalue weighted by atomic mass is 16.1. The molecule has 0 saturated heterocycles. The first-order valence-electron chi connectivity index (χ1n) is 7.02. The number of carbonyl (C=O) groups excluding carboxylic acids is 1. The normalized spacial score (nSPS) is 12.8. The molecule has 0 atom stereocenters. The summed E-state index contributed by atoms with van der Waals surface area (Å²) in [4.78, 5) is 11.9. The zero-order valence-electron chi connectivity index (χ0n) is 11.4. The van der Waals surface area contributed by atoms with Crippen LogP contribution in [-0.4, -0.2) is 12.5 Å². The molecule has 102 valence electrons. The molecule has 0 fully saturated rings. The van der Waals surface area contributed by atoms with Crippen molar-refractivity contribution in [1.82, 2.24) is 0 Å². The molecule has 0 heterocycles. The van der Waals surface area contributed by atoms with Crippen molar-refractivity contribution < 1.29 is 4.79 Å². The number of nitrogens with one attached hydrogen (secondary N) is 2. The van der Waals surface area contributed by atoms with Gasteiger partial charge in [0.1, 0.15) is 0 Å². The standard InChI is InChI=1S/C17H18N2O/c20-17(12-18-15-7-2-1-3-8-15)19-16-10-9-13-5-4-6-14(13)11-16/h1-3,7-11,18H,4-6,12H2,(H,19,20). The van der Waals surface area contributed by atoms with E-state index in [1.54, 1.807) is 0 Å². The smallest absolute Gasteiger partial charge is 0.243 e. The van der Waals surface area contributed by atoms with Gasteiger partial charge in [-0.2, -0.15) is 0 Å². The Bertz CT molecular complexity index is 608. The molecule has 3 nitrogen and oxygen atoms in total. The average molecular weight is 266 g/mol. The first-order valence-corrected chi connectivity index (χ1v) is 7.02. The van der Waals surface area contributed by atoms with Crippen LogP contribution in [0.15, 0.2) is 48.5 Å². The summed E-state index contributed by atoms with van der Waals surface area (Å²) < 4.78 is 0. The van der Waals surface area contributed by atoms with Crippen molar-refractivity contribution in [2.24, 2.45) is 0 Å². The van der Waals surface area contributed by atoms with Crippen LogP contribution in [0.25, 0.3) is 0 Å². The van der Waals surface area contributed by atoms with Crippen LogP contribution in [0.4, 0.5) is 11.4 Å². The van der Waals surface area contributed by atoms with Gasteiger partial charge in [0.05, 0.1) is 6.54 Å². The van der Waals surface area contributed by atoms with E-state index in [-0.39, 0.29) is 12.5 Å². The molecule has 1 aliphatic rings. The first-order chi connectivity index (χ1) is 9.81. The fourth-order valence-corrected chi connectivity index (χ4v) is 2.59. The molecule has 3 heteroatoms. The number of aryl methyl sites for hydroxylation is 2. The van der Waals surface area contributed by atoms with Gasteiger partial charge in [-0.05, 0) is 54.7 Å². The Balaban J connectivity index is 1.56. The summed E-state index contributed by atoms with van der Waals surface area (Å²) in [7, 11) is 0. The van der Waals surface area contributed by atoms with Crippen LogP contribution < -0.4 is 10.6 Å². The van der Waals surface area contributed by atoms with Crippen LogP contribution >= 0.6 is 0 Å². The number of fused-ring (bicyclic) bond motifs is 1. The van der Waals surface area contributed by atoms with E-state index in [0.29, 0.717) is 0 Å². The highest BCUT2D eigenvalue weighted by molar-refractivity contribution is 5.93. The SMILES string of the molecule is O=C(CNc1ccccc1)Nc1ccc2c(c1)CCC2. The summed E-state index contributed by atoms with van der Waals surface area (Å²) in [6.07, 6.45) is 3.52. The minimum atomic E-state index is -0.0215. The number of benzene rings is 2. The topological polar surface area (TPSA) is 41.1 Å². The second kappa shape index (κ2) is 5.78. The van der Waals surface area contributed by atoms with Crippen LogP contribution in [0.2, 0.25) is 0 Å². The molecule has 0 aromatic heterocycles. The van der Waals surface area contributed by atoms with E-state index in [1.165, 1.54) is 24.0 Å². The minimum absolute atomic E-state index is 0.0215. The third kappa shape index (κ3) is 2.99. The van der Waals surface area contributed by atoms with Gasteiger partial charge in [-0.25, -0.2) is 0 Å². The zero-order valence-corrected chi connectivity index (χ0v) is 11.4. The molecule has 0 bridgehead atoms. The summed E-state index contributed by atoms with van der Waals surface area (Å²) in [5.41, 5.74) is 4.64. The van der Waals surface area contributed by atoms with Gasteiger partial charge in [0.15, 0.2) is 0 Å². The third-order valence-electron chi connectivity index (χ3n) is 3.61. The molecule has 0 saturated carbocycles. The predicted octanol–water partition coefficient (Wildman–Crippen LogP) is 3.23. The highest BCUT2D eigenvalue weighted by Gasteiger charge is 2.11.